The van der Waals surface area contributed by atoms with Crippen molar-refractivity contribution in [3.05, 3.63) is 40.4 Å². The van der Waals surface area contributed by atoms with Crippen molar-refractivity contribution >= 4 is 21.7 Å². The van der Waals surface area contributed by atoms with Crippen molar-refractivity contribution in [2.24, 2.45) is 5.84 Å². The van der Waals surface area contributed by atoms with E-state index in [9.17, 15) is 4.39 Å². The molecule has 2 aromatic rings. The fourth-order valence-electron chi connectivity index (χ4n) is 1.45. The molecule has 0 saturated heterocycles. The zero-order valence-corrected chi connectivity index (χ0v) is 12.1. The van der Waals surface area contributed by atoms with Gasteiger partial charge < -0.3 is 14.9 Å². The highest BCUT2D eigenvalue weighted by atomic mass is 79.9. The van der Waals surface area contributed by atoms with E-state index in [-0.39, 0.29) is 18.3 Å². The number of methoxy groups -OCH3 is 1. The number of hydrazine groups is 1. The molecule has 0 amide bonds. The average molecular weight is 343 g/mol. The Kier molecular flexibility index (Phi) is 4.83. The molecule has 0 fully saturated rings. The van der Waals surface area contributed by atoms with Gasteiger partial charge in [-0.1, -0.05) is 0 Å². The predicted octanol–water partition coefficient (Wildman–Crippen LogP) is 2.60. The van der Waals surface area contributed by atoms with Gasteiger partial charge in [0.1, 0.15) is 24.0 Å². The van der Waals surface area contributed by atoms with E-state index in [1.54, 1.807) is 0 Å². The number of ether oxygens (including phenoxy) is 2. The molecule has 1 aromatic heterocycles. The average Bonchev–Trinajstić information content (AvgIpc) is 2.43. The van der Waals surface area contributed by atoms with Crippen LogP contribution in [0.5, 0.6) is 11.6 Å². The van der Waals surface area contributed by atoms with Crippen LogP contribution in [0.25, 0.3) is 0 Å². The maximum atomic E-state index is 13.1. The van der Waals surface area contributed by atoms with Crippen molar-refractivity contribution in [2.45, 2.75) is 6.61 Å². The van der Waals surface area contributed by atoms with Gasteiger partial charge in [-0.15, -0.1) is 0 Å². The van der Waals surface area contributed by atoms with Crippen LogP contribution in [0.15, 0.2) is 28.7 Å². The Morgan fingerprint density at radius 1 is 1.35 bits per heavy atom. The minimum absolute atomic E-state index is 0.221. The van der Waals surface area contributed by atoms with E-state index in [1.807, 2.05) is 0 Å². The van der Waals surface area contributed by atoms with Crippen molar-refractivity contribution in [2.75, 3.05) is 12.5 Å². The number of benzene rings is 1. The van der Waals surface area contributed by atoms with E-state index in [0.29, 0.717) is 21.9 Å². The lowest BCUT2D eigenvalue weighted by Gasteiger charge is -2.09. The third-order valence-electron chi connectivity index (χ3n) is 2.28. The molecule has 1 aromatic carbocycles. The van der Waals surface area contributed by atoms with Gasteiger partial charge in [-0.2, -0.15) is 4.98 Å². The summed E-state index contributed by atoms with van der Waals surface area (Å²) in [5, 5.41) is 0. The van der Waals surface area contributed by atoms with Gasteiger partial charge >= 0.3 is 0 Å². The number of nitrogens with zero attached hydrogens (tertiary/aromatic N) is 2. The highest BCUT2D eigenvalue weighted by Gasteiger charge is 2.07. The van der Waals surface area contributed by atoms with Gasteiger partial charge in [0.2, 0.25) is 5.88 Å². The maximum absolute atomic E-state index is 13.1. The highest BCUT2D eigenvalue weighted by Crippen LogP contribution is 2.26. The van der Waals surface area contributed by atoms with Crippen LogP contribution in [0.4, 0.5) is 10.2 Å². The number of nitrogens with one attached hydrogen (secondary N) is 1. The van der Waals surface area contributed by atoms with E-state index in [4.69, 9.17) is 15.3 Å². The lowest BCUT2D eigenvalue weighted by atomic mass is 10.3. The molecule has 0 spiro atoms. The van der Waals surface area contributed by atoms with Crippen molar-refractivity contribution < 1.29 is 13.9 Å². The van der Waals surface area contributed by atoms with Crippen LogP contribution in [0, 0.1) is 5.82 Å². The summed E-state index contributed by atoms with van der Waals surface area (Å²) in [7, 11) is 1.53. The predicted molar refractivity (Wildman–Crippen MR) is 74.7 cm³/mol. The van der Waals surface area contributed by atoms with Crippen molar-refractivity contribution in [3.63, 3.8) is 0 Å². The lowest BCUT2D eigenvalue weighted by Crippen LogP contribution is -2.11. The van der Waals surface area contributed by atoms with Gasteiger partial charge in [-0.3, -0.25) is 0 Å². The van der Waals surface area contributed by atoms with Crippen LogP contribution in [0.2, 0.25) is 0 Å². The molecule has 1 heterocycles. The highest BCUT2D eigenvalue weighted by molar-refractivity contribution is 9.10. The number of hydrogen-bond donors (Lipinski definition) is 2. The van der Waals surface area contributed by atoms with Crippen LogP contribution in [0.1, 0.15) is 5.82 Å². The molecule has 0 aliphatic rings. The smallest absolute Gasteiger partial charge is 0.224 e. The molecule has 0 radical (unpaired) electrons. The summed E-state index contributed by atoms with van der Waals surface area (Å²) >= 11 is 3.09. The van der Waals surface area contributed by atoms with Crippen LogP contribution >= 0.6 is 15.9 Å². The number of rotatable bonds is 5. The second kappa shape index (κ2) is 6.60. The first-order valence-corrected chi connectivity index (χ1v) is 6.38. The molecule has 8 heteroatoms. The number of hydrogen-bond acceptors (Lipinski definition) is 6. The van der Waals surface area contributed by atoms with Gasteiger partial charge in [0.05, 0.1) is 4.47 Å². The van der Waals surface area contributed by atoms with Crippen molar-refractivity contribution in [1.82, 2.24) is 9.97 Å². The van der Waals surface area contributed by atoms with Gasteiger partial charge in [-0.25, -0.2) is 15.2 Å². The van der Waals surface area contributed by atoms with Gasteiger partial charge in [0.25, 0.3) is 0 Å². The van der Waals surface area contributed by atoms with E-state index in [2.05, 4.69) is 31.3 Å². The minimum atomic E-state index is -0.371. The third kappa shape index (κ3) is 3.62. The summed E-state index contributed by atoms with van der Waals surface area (Å²) in [6.07, 6.45) is 0. The summed E-state index contributed by atoms with van der Waals surface area (Å²) in [5.74, 6) is 6.47. The molecule has 0 bridgehead atoms. The Morgan fingerprint density at radius 2 is 2.15 bits per heavy atom. The van der Waals surface area contributed by atoms with E-state index in [0.717, 1.165) is 0 Å². The molecule has 2 rings (SSSR count). The molecule has 0 atom stereocenters. The lowest BCUT2D eigenvalue weighted by molar-refractivity contribution is 0.177. The maximum Gasteiger partial charge on any atom is 0.224 e. The summed E-state index contributed by atoms with van der Waals surface area (Å²) in [5.41, 5.74) is 2.42. The minimum Gasteiger partial charge on any atom is -0.439 e. The van der Waals surface area contributed by atoms with Crippen LogP contribution < -0.4 is 16.0 Å². The molecule has 0 saturated carbocycles. The largest absolute Gasteiger partial charge is 0.439 e. The monoisotopic (exact) mass is 342 g/mol. The Hall–Kier alpha value is -1.77. The van der Waals surface area contributed by atoms with Gasteiger partial charge in [0.15, 0.2) is 5.82 Å². The number of nitrogen functional groups attached to an aromatic ring is 1. The van der Waals surface area contributed by atoms with Gasteiger partial charge in [0, 0.05) is 13.2 Å². The quantitative estimate of drug-likeness (QED) is 0.642. The second-order valence-corrected chi connectivity index (χ2v) is 4.62. The normalized spacial score (nSPS) is 10.4. The zero-order valence-electron chi connectivity index (χ0n) is 10.6. The first-order chi connectivity index (χ1) is 9.62. The Balaban J connectivity index is 2.27. The number of nitrogens with two attached hydrogens (primary N) is 1. The van der Waals surface area contributed by atoms with E-state index < -0.39 is 0 Å². The summed E-state index contributed by atoms with van der Waals surface area (Å²) in [6.45, 7) is 0.221. The number of anilines is 1. The van der Waals surface area contributed by atoms with Crippen LogP contribution in [-0.4, -0.2) is 17.1 Å². The number of aromatic nitrogens is 2. The van der Waals surface area contributed by atoms with Crippen LogP contribution in [-0.2, 0) is 11.3 Å². The second-order valence-electron chi connectivity index (χ2n) is 3.76. The molecule has 20 heavy (non-hydrogen) atoms. The van der Waals surface area contributed by atoms with Crippen molar-refractivity contribution in [3.8, 4) is 11.6 Å². The SMILES string of the molecule is COCc1nc(NN)cc(Oc2ccc(F)c(Br)c2)n1. The summed E-state index contributed by atoms with van der Waals surface area (Å²) < 4.78 is 24.0. The first-order valence-electron chi connectivity index (χ1n) is 5.59. The third-order valence-corrected chi connectivity index (χ3v) is 2.89. The molecule has 3 N–H and O–H groups in total. The van der Waals surface area contributed by atoms with E-state index in [1.165, 1.54) is 31.4 Å². The molecule has 0 aliphatic heterocycles. The zero-order chi connectivity index (χ0) is 14.5. The fraction of sp³-hybridized carbons (Fsp3) is 0.167. The number of halogens is 2. The fourth-order valence-corrected chi connectivity index (χ4v) is 1.81. The van der Waals surface area contributed by atoms with Crippen molar-refractivity contribution in [1.29, 1.82) is 0 Å². The molecule has 106 valence electrons. The topological polar surface area (TPSA) is 82.3 Å². The standard InChI is InChI=1S/C12H12BrFN4O2/c1-19-6-11-16-10(18-15)5-12(17-11)20-7-2-3-9(14)8(13)4-7/h2-5H,6,15H2,1H3,(H,16,17,18). The van der Waals surface area contributed by atoms with Gasteiger partial charge in [-0.05, 0) is 34.1 Å². The Morgan fingerprint density at radius 3 is 2.80 bits per heavy atom. The molecule has 0 aliphatic carbocycles. The summed E-state index contributed by atoms with van der Waals surface area (Å²) in [4.78, 5) is 8.25. The summed E-state index contributed by atoms with van der Waals surface area (Å²) in [6, 6.07) is 5.81. The van der Waals surface area contributed by atoms with Crippen LogP contribution in [0.3, 0.4) is 0 Å². The molecular weight excluding hydrogens is 331 g/mol. The Labute approximate surface area is 123 Å². The first kappa shape index (κ1) is 14.6. The Bertz CT molecular complexity index is 612. The molecule has 0 unspecified atom stereocenters. The van der Waals surface area contributed by atoms with E-state index >= 15 is 0 Å². The molecule has 6 nitrogen and oxygen atoms in total. The molecular formula is C12H12BrFN4O2.